The molecule has 0 spiro atoms. The van der Waals surface area contributed by atoms with Crippen LogP contribution in [0.15, 0.2) is 164 Å². The van der Waals surface area contributed by atoms with E-state index in [1.807, 2.05) is 0 Å². The van der Waals surface area contributed by atoms with Gasteiger partial charge in [-0.25, -0.2) is 4.98 Å². The standard InChI is InChI=1S/C54H42N2/c1-3-14-51-50(4-2)55-54(56(51)45-19-6-5-7-20-45)39-27-23-38(24-28-39)42-31-32-48-49(35-42)53(44-30-26-37-16-9-11-18-41(37)34-44)47-22-13-12-21-46(47)52(48)43-29-25-36-15-8-10-17-40(36)33-43/h3,5-11,14-35H,4,12-13H2,1-2H3/b14-3-. The van der Waals surface area contributed by atoms with Gasteiger partial charge in [-0.15, -0.1) is 0 Å². The first-order chi connectivity index (χ1) is 27.7. The molecule has 0 saturated heterocycles. The van der Waals surface area contributed by atoms with Gasteiger partial charge in [-0.2, -0.15) is 0 Å². The van der Waals surface area contributed by atoms with Crippen molar-refractivity contribution in [3.05, 3.63) is 186 Å². The molecule has 0 fully saturated rings. The number of fused-ring (bicyclic) bond motifs is 4. The van der Waals surface area contributed by atoms with Gasteiger partial charge in [0.25, 0.3) is 0 Å². The van der Waals surface area contributed by atoms with Crippen LogP contribution in [0, 0.1) is 0 Å². The molecule has 9 aromatic rings. The van der Waals surface area contributed by atoms with Crippen molar-refractivity contribution in [3.8, 4) is 50.5 Å². The van der Waals surface area contributed by atoms with Gasteiger partial charge in [-0.05, 0) is 139 Å². The topological polar surface area (TPSA) is 17.8 Å². The molecule has 0 saturated carbocycles. The third kappa shape index (κ3) is 5.77. The SMILES string of the molecule is C/C=C\c1c(CC)nc(-c2ccc(-c3ccc4c(-c5ccc6ccccc6c5)c5c(c(-c6ccc7ccccc7c6)c4c3)=CCCC=5)cc2)n1-c1ccccc1. The van der Waals surface area contributed by atoms with Crippen LogP contribution >= 0.6 is 0 Å². The zero-order valence-corrected chi connectivity index (χ0v) is 31.8. The van der Waals surface area contributed by atoms with Crippen LogP contribution in [0.25, 0.3) is 101 Å². The van der Waals surface area contributed by atoms with E-state index in [2.05, 4.69) is 200 Å². The molecule has 268 valence electrons. The fourth-order valence-electron chi connectivity index (χ4n) is 8.81. The molecule has 0 unspecified atom stereocenters. The Labute approximate surface area is 328 Å². The molecule has 0 amide bonds. The van der Waals surface area contributed by atoms with Gasteiger partial charge in [0.15, 0.2) is 0 Å². The minimum absolute atomic E-state index is 0.862. The highest BCUT2D eigenvalue weighted by molar-refractivity contribution is 6.09. The van der Waals surface area contributed by atoms with Gasteiger partial charge in [-0.1, -0.05) is 153 Å². The van der Waals surface area contributed by atoms with E-state index in [0.29, 0.717) is 0 Å². The van der Waals surface area contributed by atoms with Gasteiger partial charge in [-0.3, -0.25) is 4.57 Å². The summed E-state index contributed by atoms with van der Waals surface area (Å²) in [5.74, 6) is 0.961. The van der Waals surface area contributed by atoms with Gasteiger partial charge < -0.3 is 0 Å². The molecule has 2 heteroatoms. The molecule has 1 heterocycles. The summed E-state index contributed by atoms with van der Waals surface area (Å²) in [4.78, 5) is 5.21. The molecule has 1 aliphatic carbocycles. The van der Waals surface area contributed by atoms with Crippen LogP contribution in [0.1, 0.15) is 38.1 Å². The van der Waals surface area contributed by atoms with E-state index in [1.165, 1.54) is 76.1 Å². The number of allylic oxidation sites excluding steroid dienone is 1. The van der Waals surface area contributed by atoms with Gasteiger partial charge in [0.1, 0.15) is 5.82 Å². The number of imidazole rings is 1. The maximum absolute atomic E-state index is 5.21. The summed E-state index contributed by atoms with van der Waals surface area (Å²) in [5.41, 5.74) is 12.0. The number of hydrogen-bond acceptors (Lipinski definition) is 1. The second kappa shape index (κ2) is 14.1. The summed E-state index contributed by atoms with van der Waals surface area (Å²) < 4.78 is 2.30. The third-order valence-corrected chi connectivity index (χ3v) is 11.5. The van der Waals surface area contributed by atoms with Crippen molar-refractivity contribution in [2.24, 2.45) is 0 Å². The van der Waals surface area contributed by atoms with Gasteiger partial charge >= 0.3 is 0 Å². The lowest BCUT2D eigenvalue weighted by Gasteiger charge is -2.19. The summed E-state index contributed by atoms with van der Waals surface area (Å²) in [5, 5.41) is 10.3. The van der Waals surface area contributed by atoms with E-state index in [-0.39, 0.29) is 0 Å². The molecule has 2 nitrogen and oxygen atoms in total. The maximum Gasteiger partial charge on any atom is 0.145 e. The van der Waals surface area contributed by atoms with E-state index in [1.54, 1.807) is 0 Å². The van der Waals surface area contributed by atoms with Crippen molar-refractivity contribution in [2.45, 2.75) is 33.1 Å². The molecule has 8 aromatic carbocycles. The Bertz CT molecular complexity index is 3110. The lowest BCUT2D eigenvalue weighted by Crippen LogP contribution is -2.31. The van der Waals surface area contributed by atoms with Crippen molar-refractivity contribution < 1.29 is 0 Å². The zero-order chi connectivity index (χ0) is 37.6. The Kier molecular flexibility index (Phi) is 8.53. The Morgan fingerprint density at radius 1 is 0.518 bits per heavy atom. The Morgan fingerprint density at radius 2 is 1.05 bits per heavy atom. The monoisotopic (exact) mass is 718 g/mol. The number of aromatic nitrogens is 2. The normalized spacial score (nSPS) is 12.6. The van der Waals surface area contributed by atoms with Crippen molar-refractivity contribution >= 4 is 50.5 Å². The molecule has 0 bridgehead atoms. The summed E-state index contributed by atoms with van der Waals surface area (Å²) >= 11 is 0. The smallest absolute Gasteiger partial charge is 0.145 e. The predicted molar refractivity (Wildman–Crippen MR) is 239 cm³/mol. The lowest BCUT2D eigenvalue weighted by molar-refractivity contribution is 1.04. The molecular weight excluding hydrogens is 677 g/mol. The van der Waals surface area contributed by atoms with E-state index >= 15 is 0 Å². The summed E-state index contributed by atoms with van der Waals surface area (Å²) in [6.07, 6.45) is 12.2. The van der Waals surface area contributed by atoms with Gasteiger partial charge in [0.2, 0.25) is 0 Å². The first kappa shape index (κ1) is 33.8. The van der Waals surface area contributed by atoms with Crippen molar-refractivity contribution in [1.82, 2.24) is 9.55 Å². The molecule has 1 aliphatic rings. The van der Waals surface area contributed by atoms with Crippen molar-refractivity contribution in [2.75, 3.05) is 0 Å². The molecule has 0 N–H and O–H groups in total. The lowest BCUT2D eigenvalue weighted by atomic mass is 9.84. The number of aryl methyl sites for hydroxylation is 1. The number of para-hydroxylation sites is 1. The highest BCUT2D eigenvalue weighted by Crippen LogP contribution is 2.37. The molecule has 0 atom stereocenters. The fraction of sp³-hybridized carbons (Fsp3) is 0.0926. The number of nitrogens with zero attached hydrogens (tertiary/aromatic N) is 2. The number of rotatable bonds is 7. The second-order valence-corrected chi connectivity index (χ2v) is 14.8. The van der Waals surface area contributed by atoms with Crippen LogP contribution in [-0.4, -0.2) is 9.55 Å². The molecule has 0 aliphatic heterocycles. The van der Waals surface area contributed by atoms with E-state index in [9.17, 15) is 0 Å². The number of hydrogen-bond donors (Lipinski definition) is 0. The average Bonchev–Trinajstić information content (AvgIpc) is 3.63. The average molecular weight is 719 g/mol. The number of benzene rings is 8. The maximum atomic E-state index is 5.21. The Hall–Kier alpha value is -6.77. The van der Waals surface area contributed by atoms with Crippen molar-refractivity contribution in [3.63, 3.8) is 0 Å². The van der Waals surface area contributed by atoms with Crippen LogP contribution in [0.2, 0.25) is 0 Å². The van der Waals surface area contributed by atoms with Crippen LogP contribution in [-0.2, 0) is 6.42 Å². The largest absolute Gasteiger partial charge is 0.293 e. The minimum Gasteiger partial charge on any atom is -0.293 e. The van der Waals surface area contributed by atoms with Gasteiger partial charge in [0, 0.05) is 11.3 Å². The van der Waals surface area contributed by atoms with Crippen LogP contribution in [0.4, 0.5) is 0 Å². The molecule has 0 radical (unpaired) electrons. The summed E-state index contributed by atoms with van der Waals surface area (Å²) in [6.45, 7) is 4.25. The zero-order valence-electron chi connectivity index (χ0n) is 31.8. The first-order valence-corrected chi connectivity index (χ1v) is 19.9. The second-order valence-electron chi connectivity index (χ2n) is 14.8. The van der Waals surface area contributed by atoms with Crippen molar-refractivity contribution in [1.29, 1.82) is 0 Å². The highest BCUT2D eigenvalue weighted by Gasteiger charge is 2.20. The first-order valence-electron chi connectivity index (χ1n) is 19.9. The predicted octanol–water partition coefficient (Wildman–Crippen LogP) is 13.0. The quantitative estimate of drug-likeness (QED) is 0.160. The third-order valence-electron chi connectivity index (χ3n) is 11.5. The Morgan fingerprint density at radius 3 is 1.66 bits per heavy atom. The summed E-state index contributed by atoms with van der Waals surface area (Å²) in [7, 11) is 0. The van der Waals surface area contributed by atoms with Crippen LogP contribution in [0.3, 0.4) is 0 Å². The van der Waals surface area contributed by atoms with E-state index < -0.39 is 0 Å². The highest BCUT2D eigenvalue weighted by atomic mass is 15.1. The summed E-state index contributed by atoms with van der Waals surface area (Å²) in [6, 6.07) is 58.0. The molecule has 1 aromatic heterocycles. The van der Waals surface area contributed by atoms with E-state index in [0.717, 1.165) is 47.7 Å². The van der Waals surface area contributed by atoms with Crippen LogP contribution in [0.5, 0.6) is 0 Å². The fourth-order valence-corrected chi connectivity index (χ4v) is 8.81. The van der Waals surface area contributed by atoms with E-state index in [4.69, 9.17) is 4.98 Å². The van der Waals surface area contributed by atoms with Gasteiger partial charge in [0.05, 0.1) is 11.4 Å². The molecular formula is C54H42N2. The minimum atomic E-state index is 0.862. The Balaban J connectivity index is 1.18. The molecule has 56 heavy (non-hydrogen) atoms. The van der Waals surface area contributed by atoms with Crippen LogP contribution < -0.4 is 10.4 Å². The molecule has 10 rings (SSSR count).